The summed E-state index contributed by atoms with van der Waals surface area (Å²) in [6.07, 6.45) is -1.16. The molecule has 0 aliphatic rings. The van der Waals surface area contributed by atoms with Gasteiger partial charge in [-0.15, -0.1) is 0 Å². The van der Waals surface area contributed by atoms with E-state index in [9.17, 15) is 14.9 Å². The number of ether oxygens (including phenoxy) is 1. The lowest BCUT2D eigenvalue weighted by atomic mass is 9.76. The zero-order valence-electron chi connectivity index (χ0n) is 10.3. The summed E-state index contributed by atoms with van der Waals surface area (Å²) in [5, 5.41) is 27.1. The summed E-state index contributed by atoms with van der Waals surface area (Å²) in [6.45, 7) is 0. The van der Waals surface area contributed by atoms with E-state index in [1.807, 2.05) is 6.07 Å². The van der Waals surface area contributed by atoms with Gasteiger partial charge in [-0.05, 0) is 17.7 Å². The van der Waals surface area contributed by atoms with Gasteiger partial charge in [-0.3, -0.25) is 9.59 Å². The average Bonchev–Trinajstić information content (AvgIpc) is 2.36. The Hall–Kier alpha value is -2.55. The first kappa shape index (κ1) is 14.5. The van der Waals surface area contributed by atoms with Gasteiger partial charge >= 0.3 is 11.9 Å². The third-order valence-electron chi connectivity index (χ3n) is 2.74. The van der Waals surface area contributed by atoms with Crippen molar-refractivity contribution in [3.05, 3.63) is 29.8 Å². The Kier molecular flexibility index (Phi) is 4.48. The second kappa shape index (κ2) is 5.87. The summed E-state index contributed by atoms with van der Waals surface area (Å²) < 4.78 is 5.00. The molecule has 0 saturated heterocycles. The van der Waals surface area contributed by atoms with Gasteiger partial charge < -0.3 is 14.9 Å². The summed E-state index contributed by atoms with van der Waals surface area (Å²) >= 11 is 0. The highest BCUT2D eigenvalue weighted by Gasteiger charge is 2.38. The SMILES string of the molecule is COc1cccc(C(C#N)(CC(=O)O)CC(=O)O)c1. The van der Waals surface area contributed by atoms with Crippen LogP contribution in [-0.2, 0) is 15.0 Å². The number of aliphatic carboxylic acids is 2. The van der Waals surface area contributed by atoms with Gasteiger partial charge in [0.05, 0.1) is 26.0 Å². The third kappa shape index (κ3) is 3.45. The van der Waals surface area contributed by atoms with Crippen molar-refractivity contribution in [3.63, 3.8) is 0 Å². The summed E-state index contributed by atoms with van der Waals surface area (Å²) in [5.74, 6) is -2.02. The Bertz CT molecular complexity index is 516. The lowest BCUT2D eigenvalue weighted by Crippen LogP contribution is -2.30. The molecule has 0 aliphatic carbocycles. The second-order valence-electron chi connectivity index (χ2n) is 4.07. The van der Waals surface area contributed by atoms with Crippen LogP contribution in [0.15, 0.2) is 24.3 Å². The van der Waals surface area contributed by atoms with Crippen molar-refractivity contribution in [2.45, 2.75) is 18.3 Å². The van der Waals surface area contributed by atoms with Crippen LogP contribution in [0.25, 0.3) is 0 Å². The monoisotopic (exact) mass is 263 g/mol. The maximum atomic E-state index is 10.9. The number of hydrogen-bond acceptors (Lipinski definition) is 4. The van der Waals surface area contributed by atoms with Gasteiger partial charge in [0, 0.05) is 0 Å². The standard InChI is InChI=1S/C13H13NO5/c1-19-10-4-2-3-9(5-10)13(8-14,6-11(15)16)7-12(17)18/h2-5H,6-7H2,1H3,(H,15,16)(H,17,18). The Morgan fingerprint density at radius 2 is 1.89 bits per heavy atom. The third-order valence-corrected chi connectivity index (χ3v) is 2.74. The molecule has 19 heavy (non-hydrogen) atoms. The smallest absolute Gasteiger partial charge is 0.305 e. The van der Waals surface area contributed by atoms with Crippen LogP contribution in [0.4, 0.5) is 0 Å². The molecule has 0 bridgehead atoms. The number of hydrogen-bond donors (Lipinski definition) is 2. The molecule has 0 aliphatic heterocycles. The van der Waals surface area contributed by atoms with Crippen LogP contribution in [0.2, 0.25) is 0 Å². The fraction of sp³-hybridized carbons (Fsp3) is 0.308. The quantitative estimate of drug-likeness (QED) is 0.803. The Balaban J connectivity index is 3.31. The minimum absolute atomic E-state index is 0.319. The van der Waals surface area contributed by atoms with Gasteiger partial charge in [-0.2, -0.15) is 5.26 Å². The Morgan fingerprint density at radius 3 is 2.32 bits per heavy atom. The molecular formula is C13H13NO5. The molecule has 1 aromatic rings. The highest BCUT2D eigenvalue weighted by atomic mass is 16.5. The van der Waals surface area contributed by atoms with Gasteiger partial charge in [-0.25, -0.2) is 0 Å². The number of methoxy groups -OCH3 is 1. The minimum atomic E-state index is -1.60. The number of rotatable bonds is 6. The van der Waals surface area contributed by atoms with Crippen LogP contribution in [0.1, 0.15) is 18.4 Å². The molecule has 0 saturated carbocycles. The van der Waals surface area contributed by atoms with Gasteiger partial charge in [0.1, 0.15) is 11.2 Å². The van der Waals surface area contributed by atoms with Crippen LogP contribution >= 0.6 is 0 Å². The van der Waals surface area contributed by atoms with E-state index in [2.05, 4.69) is 0 Å². The molecule has 100 valence electrons. The van der Waals surface area contributed by atoms with Crippen molar-refractivity contribution >= 4 is 11.9 Å². The zero-order valence-corrected chi connectivity index (χ0v) is 10.3. The zero-order chi connectivity index (χ0) is 14.5. The van der Waals surface area contributed by atoms with Crippen LogP contribution in [0.5, 0.6) is 5.75 Å². The second-order valence-corrected chi connectivity index (χ2v) is 4.07. The minimum Gasteiger partial charge on any atom is -0.497 e. The topological polar surface area (TPSA) is 108 Å². The van der Waals surface area contributed by atoms with Crippen molar-refractivity contribution in [1.29, 1.82) is 5.26 Å². The Labute approximate surface area is 109 Å². The molecule has 0 radical (unpaired) electrons. The number of carboxylic acids is 2. The predicted octanol–water partition coefficient (Wildman–Crippen LogP) is 1.41. The van der Waals surface area contributed by atoms with Crippen LogP contribution < -0.4 is 4.74 Å². The molecule has 6 heteroatoms. The molecule has 0 amide bonds. The normalized spacial score (nSPS) is 10.5. The largest absolute Gasteiger partial charge is 0.497 e. The van der Waals surface area contributed by atoms with E-state index < -0.39 is 30.2 Å². The van der Waals surface area contributed by atoms with E-state index in [0.29, 0.717) is 11.3 Å². The molecule has 0 aromatic heterocycles. The maximum absolute atomic E-state index is 10.9. The number of nitrogens with zero attached hydrogens (tertiary/aromatic N) is 1. The summed E-state index contributed by atoms with van der Waals surface area (Å²) in [5.41, 5.74) is -1.29. The lowest BCUT2D eigenvalue weighted by molar-refractivity contribution is -0.140. The van der Waals surface area contributed by atoms with E-state index in [4.69, 9.17) is 14.9 Å². The highest BCUT2D eigenvalue weighted by Crippen LogP contribution is 2.33. The average molecular weight is 263 g/mol. The Morgan fingerprint density at radius 1 is 1.32 bits per heavy atom. The maximum Gasteiger partial charge on any atom is 0.305 e. The van der Waals surface area contributed by atoms with E-state index in [0.717, 1.165) is 0 Å². The summed E-state index contributed by atoms with van der Waals surface area (Å²) in [6, 6.07) is 8.05. The van der Waals surface area contributed by atoms with Crippen LogP contribution in [-0.4, -0.2) is 29.3 Å². The lowest BCUT2D eigenvalue weighted by Gasteiger charge is -2.23. The molecule has 1 aromatic carbocycles. The van der Waals surface area contributed by atoms with Crippen molar-refractivity contribution < 1.29 is 24.5 Å². The number of carboxylic acid groups (broad SMARTS) is 2. The van der Waals surface area contributed by atoms with Gasteiger partial charge in [0.2, 0.25) is 0 Å². The first-order valence-electron chi connectivity index (χ1n) is 5.43. The molecule has 0 unspecified atom stereocenters. The highest BCUT2D eigenvalue weighted by molar-refractivity contribution is 5.75. The summed E-state index contributed by atoms with van der Waals surface area (Å²) in [4.78, 5) is 21.8. The van der Waals surface area contributed by atoms with Gasteiger partial charge in [0.15, 0.2) is 0 Å². The number of carbonyl (C=O) groups is 2. The predicted molar refractivity (Wildman–Crippen MR) is 64.8 cm³/mol. The first-order chi connectivity index (χ1) is 8.93. The van der Waals surface area contributed by atoms with E-state index >= 15 is 0 Å². The van der Waals surface area contributed by atoms with E-state index in [1.165, 1.54) is 19.2 Å². The summed E-state index contributed by atoms with van der Waals surface area (Å²) in [7, 11) is 1.43. The molecular weight excluding hydrogens is 250 g/mol. The van der Waals surface area contributed by atoms with Crippen molar-refractivity contribution in [3.8, 4) is 11.8 Å². The van der Waals surface area contributed by atoms with Crippen molar-refractivity contribution in [1.82, 2.24) is 0 Å². The van der Waals surface area contributed by atoms with Gasteiger partial charge in [-0.1, -0.05) is 12.1 Å². The fourth-order valence-corrected chi connectivity index (χ4v) is 1.85. The van der Waals surface area contributed by atoms with Gasteiger partial charge in [0.25, 0.3) is 0 Å². The molecule has 0 fully saturated rings. The van der Waals surface area contributed by atoms with E-state index in [-0.39, 0.29) is 0 Å². The van der Waals surface area contributed by atoms with Crippen molar-refractivity contribution in [2.24, 2.45) is 0 Å². The molecule has 1 rings (SSSR count). The van der Waals surface area contributed by atoms with Crippen LogP contribution in [0.3, 0.4) is 0 Å². The van der Waals surface area contributed by atoms with Crippen LogP contribution in [0, 0.1) is 11.3 Å². The molecule has 2 N–H and O–H groups in total. The molecule has 6 nitrogen and oxygen atoms in total. The van der Waals surface area contributed by atoms with Crippen molar-refractivity contribution in [2.75, 3.05) is 7.11 Å². The molecule has 0 heterocycles. The number of nitriles is 1. The number of benzene rings is 1. The molecule has 0 spiro atoms. The first-order valence-corrected chi connectivity index (χ1v) is 5.43. The molecule has 0 atom stereocenters. The van der Waals surface area contributed by atoms with E-state index in [1.54, 1.807) is 12.1 Å². The fourth-order valence-electron chi connectivity index (χ4n) is 1.85.